The SMILES string of the molecule is O=C(CCC1CCCO1)c1cc(F)c(Cl)cc1F. The van der Waals surface area contributed by atoms with Crippen LogP contribution < -0.4 is 0 Å². The number of hydrogen-bond acceptors (Lipinski definition) is 2. The van der Waals surface area contributed by atoms with E-state index in [4.69, 9.17) is 16.3 Å². The van der Waals surface area contributed by atoms with E-state index in [2.05, 4.69) is 0 Å². The van der Waals surface area contributed by atoms with Crippen LogP contribution in [0.15, 0.2) is 12.1 Å². The Morgan fingerprint density at radius 2 is 2.17 bits per heavy atom. The fourth-order valence-corrected chi connectivity index (χ4v) is 2.19. The first-order chi connectivity index (χ1) is 8.58. The highest BCUT2D eigenvalue weighted by Gasteiger charge is 2.20. The lowest BCUT2D eigenvalue weighted by Gasteiger charge is -2.09. The van der Waals surface area contributed by atoms with Crippen LogP contribution in [0.4, 0.5) is 8.78 Å². The maximum atomic E-state index is 13.5. The van der Waals surface area contributed by atoms with Crippen molar-refractivity contribution in [1.29, 1.82) is 0 Å². The second-order valence-electron chi connectivity index (χ2n) is 4.34. The van der Waals surface area contributed by atoms with Crippen molar-refractivity contribution in [1.82, 2.24) is 0 Å². The lowest BCUT2D eigenvalue weighted by atomic mass is 10.0. The fraction of sp³-hybridized carbons (Fsp3) is 0.462. The predicted octanol–water partition coefficient (Wildman–Crippen LogP) is 3.76. The molecule has 0 saturated carbocycles. The van der Waals surface area contributed by atoms with Crippen LogP contribution in [0.25, 0.3) is 0 Å². The molecule has 1 heterocycles. The van der Waals surface area contributed by atoms with E-state index in [0.717, 1.165) is 25.0 Å². The minimum absolute atomic E-state index is 0.0640. The Kier molecular flexibility index (Phi) is 4.30. The van der Waals surface area contributed by atoms with Gasteiger partial charge < -0.3 is 4.74 Å². The Balaban J connectivity index is 2.01. The van der Waals surface area contributed by atoms with Crippen LogP contribution in [0.3, 0.4) is 0 Å². The Hall–Kier alpha value is -1.00. The van der Waals surface area contributed by atoms with Crippen molar-refractivity contribution >= 4 is 17.4 Å². The average molecular weight is 275 g/mol. The zero-order valence-corrected chi connectivity index (χ0v) is 10.5. The summed E-state index contributed by atoms with van der Waals surface area (Å²) in [4.78, 5) is 11.8. The lowest BCUT2D eigenvalue weighted by Crippen LogP contribution is -2.10. The summed E-state index contributed by atoms with van der Waals surface area (Å²) < 4.78 is 32.0. The van der Waals surface area contributed by atoms with Crippen molar-refractivity contribution in [3.8, 4) is 0 Å². The molecule has 0 radical (unpaired) electrons. The quantitative estimate of drug-likeness (QED) is 0.617. The lowest BCUT2D eigenvalue weighted by molar-refractivity contribution is 0.0856. The van der Waals surface area contributed by atoms with Crippen molar-refractivity contribution < 1.29 is 18.3 Å². The van der Waals surface area contributed by atoms with E-state index in [1.807, 2.05) is 0 Å². The summed E-state index contributed by atoms with van der Waals surface area (Å²) in [6.07, 6.45) is 2.67. The minimum atomic E-state index is -0.779. The summed E-state index contributed by atoms with van der Waals surface area (Å²) in [5, 5.41) is -0.317. The highest BCUT2D eigenvalue weighted by atomic mass is 35.5. The first kappa shape index (κ1) is 13.4. The number of rotatable bonds is 4. The molecular weight excluding hydrogens is 262 g/mol. The molecule has 0 amide bonds. The minimum Gasteiger partial charge on any atom is -0.378 e. The van der Waals surface area contributed by atoms with E-state index >= 15 is 0 Å². The first-order valence-electron chi connectivity index (χ1n) is 5.87. The van der Waals surface area contributed by atoms with E-state index in [9.17, 15) is 13.6 Å². The van der Waals surface area contributed by atoms with Crippen molar-refractivity contribution in [2.45, 2.75) is 31.8 Å². The molecule has 2 nitrogen and oxygen atoms in total. The molecule has 1 aliphatic heterocycles. The van der Waals surface area contributed by atoms with Crippen LogP contribution >= 0.6 is 11.6 Å². The molecule has 5 heteroatoms. The van der Waals surface area contributed by atoms with Crippen LogP contribution in [0.1, 0.15) is 36.0 Å². The maximum Gasteiger partial charge on any atom is 0.166 e. The third kappa shape index (κ3) is 3.06. The third-order valence-electron chi connectivity index (χ3n) is 3.03. The third-order valence-corrected chi connectivity index (χ3v) is 3.32. The zero-order valence-electron chi connectivity index (χ0n) is 9.72. The van der Waals surface area contributed by atoms with E-state index in [0.29, 0.717) is 13.0 Å². The molecule has 1 unspecified atom stereocenters. The molecule has 1 aromatic rings. The summed E-state index contributed by atoms with van der Waals surface area (Å²) in [5.41, 5.74) is -0.241. The molecule has 1 saturated heterocycles. The van der Waals surface area contributed by atoms with E-state index in [-0.39, 0.29) is 23.1 Å². The number of ketones is 1. The Morgan fingerprint density at radius 3 is 2.83 bits per heavy atom. The predicted molar refractivity (Wildman–Crippen MR) is 63.9 cm³/mol. The fourth-order valence-electron chi connectivity index (χ4n) is 2.04. The Labute approximate surface area is 109 Å². The molecule has 2 rings (SSSR count). The number of carbonyl (C=O) groups is 1. The normalized spacial score (nSPS) is 19.2. The highest BCUT2D eigenvalue weighted by Crippen LogP contribution is 2.22. The van der Waals surface area contributed by atoms with Crippen LogP contribution in [-0.2, 0) is 4.74 Å². The van der Waals surface area contributed by atoms with Crippen molar-refractivity contribution in [3.63, 3.8) is 0 Å². The van der Waals surface area contributed by atoms with E-state index < -0.39 is 17.4 Å². The molecule has 0 bridgehead atoms. The standard InChI is InChI=1S/C13H13ClF2O2/c14-10-7-11(15)9(6-12(10)16)13(17)4-3-8-2-1-5-18-8/h6-8H,1-5H2. The average Bonchev–Trinajstić information content (AvgIpc) is 2.84. The van der Waals surface area contributed by atoms with Crippen molar-refractivity contribution in [2.24, 2.45) is 0 Å². The summed E-state index contributed by atoms with van der Waals surface area (Å²) in [7, 11) is 0. The molecule has 0 N–H and O–H groups in total. The Bertz CT molecular complexity index is 457. The van der Waals surface area contributed by atoms with Gasteiger partial charge in [-0.15, -0.1) is 0 Å². The molecule has 0 spiro atoms. The summed E-state index contributed by atoms with van der Waals surface area (Å²) in [6.45, 7) is 0.711. The number of halogens is 3. The number of hydrogen-bond donors (Lipinski definition) is 0. The van der Waals surface area contributed by atoms with E-state index in [1.165, 1.54) is 0 Å². The smallest absolute Gasteiger partial charge is 0.166 e. The maximum absolute atomic E-state index is 13.5. The topological polar surface area (TPSA) is 26.3 Å². The van der Waals surface area contributed by atoms with Gasteiger partial charge in [0.15, 0.2) is 5.78 Å². The van der Waals surface area contributed by atoms with Crippen LogP contribution in [0.2, 0.25) is 5.02 Å². The van der Waals surface area contributed by atoms with E-state index in [1.54, 1.807) is 0 Å². The first-order valence-corrected chi connectivity index (χ1v) is 6.25. The summed E-state index contributed by atoms with van der Waals surface area (Å²) >= 11 is 5.42. The molecule has 1 aromatic carbocycles. The summed E-state index contributed by atoms with van der Waals surface area (Å²) in [5.74, 6) is -1.98. The zero-order chi connectivity index (χ0) is 13.1. The van der Waals surface area contributed by atoms with Gasteiger partial charge in [0.25, 0.3) is 0 Å². The van der Waals surface area contributed by atoms with Crippen LogP contribution in [-0.4, -0.2) is 18.5 Å². The van der Waals surface area contributed by atoms with Gasteiger partial charge in [0.2, 0.25) is 0 Å². The van der Waals surface area contributed by atoms with Crippen molar-refractivity contribution in [3.05, 3.63) is 34.4 Å². The molecule has 0 aromatic heterocycles. The van der Waals surface area contributed by atoms with Gasteiger partial charge in [0, 0.05) is 13.0 Å². The number of Topliss-reactive ketones (excluding diaryl/α,β-unsaturated/α-hetero) is 1. The largest absolute Gasteiger partial charge is 0.378 e. The number of benzene rings is 1. The van der Waals surface area contributed by atoms with Gasteiger partial charge in [-0.05, 0) is 31.4 Å². The van der Waals surface area contributed by atoms with Gasteiger partial charge in [-0.2, -0.15) is 0 Å². The number of ether oxygens (including phenoxy) is 1. The highest BCUT2D eigenvalue weighted by molar-refractivity contribution is 6.30. The molecule has 1 fully saturated rings. The molecule has 1 atom stereocenters. The molecule has 18 heavy (non-hydrogen) atoms. The number of carbonyl (C=O) groups excluding carboxylic acids is 1. The van der Waals surface area contributed by atoms with Gasteiger partial charge in [-0.1, -0.05) is 11.6 Å². The van der Waals surface area contributed by atoms with Gasteiger partial charge in [-0.25, -0.2) is 8.78 Å². The van der Waals surface area contributed by atoms with Crippen LogP contribution in [0, 0.1) is 11.6 Å². The molecular formula is C13H13ClF2O2. The summed E-state index contributed by atoms with van der Waals surface area (Å²) in [6, 6.07) is 1.69. The molecule has 98 valence electrons. The van der Waals surface area contributed by atoms with Gasteiger partial charge >= 0.3 is 0 Å². The van der Waals surface area contributed by atoms with Crippen molar-refractivity contribution in [2.75, 3.05) is 6.61 Å². The van der Waals surface area contributed by atoms with Gasteiger partial charge in [0.05, 0.1) is 16.7 Å². The molecule has 0 aliphatic carbocycles. The second-order valence-corrected chi connectivity index (χ2v) is 4.75. The second kappa shape index (κ2) is 5.76. The van der Waals surface area contributed by atoms with Gasteiger partial charge in [-0.3, -0.25) is 4.79 Å². The van der Waals surface area contributed by atoms with Crippen LogP contribution in [0.5, 0.6) is 0 Å². The van der Waals surface area contributed by atoms with Gasteiger partial charge in [0.1, 0.15) is 11.6 Å². The monoisotopic (exact) mass is 274 g/mol. The molecule has 1 aliphatic rings. The Morgan fingerprint density at radius 1 is 1.39 bits per heavy atom.